The highest BCUT2D eigenvalue weighted by molar-refractivity contribution is 8.00. The van der Waals surface area contributed by atoms with Gasteiger partial charge in [-0.25, -0.2) is 4.98 Å². The van der Waals surface area contributed by atoms with Gasteiger partial charge in [0.1, 0.15) is 5.70 Å². The van der Waals surface area contributed by atoms with Crippen molar-refractivity contribution in [3.05, 3.63) is 136 Å². The summed E-state index contributed by atoms with van der Waals surface area (Å²) in [6.45, 7) is 3.82. The second kappa shape index (κ2) is 14.9. The number of hydrogen-bond donors (Lipinski definition) is 3. The van der Waals surface area contributed by atoms with E-state index >= 15 is 0 Å². The van der Waals surface area contributed by atoms with E-state index in [-0.39, 0.29) is 11.6 Å². The normalized spacial score (nSPS) is 11.8. The molecule has 0 saturated carbocycles. The molecule has 0 radical (unpaired) electrons. The van der Waals surface area contributed by atoms with E-state index in [0.29, 0.717) is 27.0 Å². The minimum Gasteiger partial charge on any atom is -0.321 e. The van der Waals surface area contributed by atoms with Gasteiger partial charge in [-0.15, -0.1) is 23.1 Å². The van der Waals surface area contributed by atoms with E-state index in [9.17, 15) is 14.4 Å². The lowest BCUT2D eigenvalue weighted by molar-refractivity contribution is -0.115. The third-order valence-electron chi connectivity index (χ3n) is 6.56. The van der Waals surface area contributed by atoms with Gasteiger partial charge in [0.05, 0.1) is 10.9 Å². The highest BCUT2D eigenvalue weighted by atomic mass is 35.5. The van der Waals surface area contributed by atoms with E-state index in [4.69, 9.17) is 11.6 Å². The van der Waals surface area contributed by atoms with Gasteiger partial charge in [-0.1, -0.05) is 72.3 Å². The molecule has 5 rings (SSSR count). The maximum Gasteiger partial charge on any atom is 0.272 e. The summed E-state index contributed by atoms with van der Waals surface area (Å²) in [5, 5.41) is 9.17. The Hall–Kier alpha value is -4.70. The van der Waals surface area contributed by atoms with Crippen molar-refractivity contribution in [1.82, 2.24) is 10.3 Å². The fourth-order valence-electron chi connectivity index (χ4n) is 4.30. The molecule has 0 bridgehead atoms. The quantitative estimate of drug-likeness (QED) is 0.104. The summed E-state index contributed by atoms with van der Waals surface area (Å²) in [5.74, 6) is -1.07. The summed E-state index contributed by atoms with van der Waals surface area (Å²) < 4.78 is 0. The third kappa shape index (κ3) is 8.69. The fourth-order valence-corrected chi connectivity index (χ4v) is 6.20. The molecular weight excluding hydrogens is 624 g/mol. The monoisotopic (exact) mass is 652 g/mol. The van der Waals surface area contributed by atoms with Crippen LogP contribution in [0.2, 0.25) is 5.02 Å². The maximum absolute atomic E-state index is 13.3. The van der Waals surface area contributed by atoms with Crippen molar-refractivity contribution in [3.63, 3.8) is 0 Å². The van der Waals surface area contributed by atoms with Crippen molar-refractivity contribution in [2.75, 3.05) is 10.6 Å². The molecule has 1 aromatic heterocycles. The van der Waals surface area contributed by atoms with Gasteiger partial charge in [0.2, 0.25) is 5.91 Å². The Bertz CT molecular complexity index is 1840. The smallest absolute Gasteiger partial charge is 0.272 e. The van der Waals surface area contributed by atoms with Gasteiger partial charge in [-0.2, -0.15) is 0 Å². The van der Waals surface area contributed by atoms with E-state index < -0.39 is 17.1 Å². The first-order chi connectivity index (χ1) is 21.7. The van der Waals surface area contributed by atoms with Crippen LogP contribution in [0.1, 0.15) is 27.7 Å². The molecule has 1 heterocycles. The van der Waals surface area contributed by atoms with Gasteiger partial charge in [-0.3, -0.25) is 14.4 Å². The minimum absolute atomic E-state index is 0.0581. The first kappa shape index (κ1) is 31.7. The van der Waals surface area contributed by atoms with Crippen molar-refractivity contribution in [3.8, 4) is 11.3 Å². The molecule has 3 N–H and O–H groups in total. The number of carbonyl (C=O) groups excluding carboxylic acids is 3. The second-order valence-corrected chi connectivity index (χ2v) is 13.0. The molecule has 7 nitrogen and oxygen atoms in total. The number of anilines is 2. The number of hydrogen-bond acceptors (Lipinski definition) is 6. The Balaban J connectivity index is 1.22. The number of halogens is 1. The van der Waals surface area contributed by atoms with Gasteiger partial charge in [0, 0.05) is 31.6 Å². The van der Waals surface area contributed by atoms with E-state index in [1.54, 1.807) is 66.7 Å². The standard InChI is InChI=1S/C35H29ClN4O3S2/c1-22-31(25-11-5-3-6-12-25)39-35(45-22)40-32(41)23(2)44-29-18-16-28(17-19-29)37-34(43)30(21-24-10-9-15-27(36)20-24)38-33(42)26-13-7-4-8-14-26/h3-21,23H,1-2H3,(H,37,43)(H,38,42)(H,39,40,41)/b30-21-. The maximum atomic E-state index is 13.3. The number of thiazole rings is 1. The molecule has 0 fully saturated rings. The Morgan fingerprint density at radius 1 is 0.867 bits per heavy atom. The Kier molecular flexibility index (Phi) is 10.5. The summed E-state index contributed by atoms with van der Waals surface area (Å²) in [6.07, 6.45) is 1.57. The van der Waals surface area contributed by atoms with E-state index in [1.807, 2.05) is 62.4 Å². The SMILES string of the molecule is Cc1sc(NC(=O)C(C)Sc2ccc(NC(=O)/C(=C/c3cccc(Cl)c3)NC(=O)c3ccccc3)cc2)nc1-c1ccccc1. The molecule has 1 atom stereocenters. The lowest BCUT2D eigenvalue weighted by atomic mass is 10.1. The molecule has 0 aliphatic rings. The van der Waals surface area contributed by atoms with Gasteiger partial charge < -0.3 is 16.0 Å². The van der Waals surface area contributed by atoms with Crippen LogP contribution in [-0.2, 0) is 9.59 Å². The van der Waals surface area contributed by atoms with E-state index in [1.165, 1.54) is 23.1 Å². The van der Waals surface area contributed by atoms with Crippen molar-refractivity contribution < 1.29 is 14.4 Å². The number of rotatable bonds is 10. The zero-order chi connectivity index (χ0) is 31.8. The summed E-state index contributed by atoms with van der Waals surface area (Å²) in [4.78, 5) is 45.7. The molecule has 0 spiro atoms. The Labute approximate surface area is 274 Å². The zero-order valence-corrected chi connectivity index (χ0v) is 26.8. The average Bonchev–Trinajstić information content (AvgIpc) is 3.41. The number of carbonyl (C=O) groups is 3. The molecule has 10 heteroatoms. The molecule has 226 valence electrons. The van der Waals surface area contributed by atoms with Gasteiger partial charge in [0.15, 0.2) is 5.13 Å². The first-order valence-corrected chi connectivity index (χ1v) is 16.1. The summed E-state index contributed by atoms with van der Waals surface area (Å²) in [7, 11) is 0. The second-order valence-electron chi connectivity index (χ2n) is 9.95. The van der Waals surface area contributed by atoms with Gasteiger partial charge >= 0.3 is 0 Å². The van der Waals surface area contributed by atoms with Gasteiger partial charge in [0.25, 0.3) is 11.8 Å². The number of thioether (sulfide) groups is 1. The number of amides is 3. The molecule has 4 aromatic carbocycles. The summed E-state index contributed by atoms with van der Waals surface area (Å²) in [5.41, 5.74) is 3.53. The Morgan fingerprint density at radius 2 is 1.56 bits per heavy atom. The van der Waals surface area contributed by atoms with Crippen molar-refractivity contribution in [1.29, 1.82) is 0 Å². The molecular formula is C35H29ClN4O3S2. The van der Waals surface area contributed by atoms with Crippen LogP contribution in [0, 0.1) is 6.92 Å². The molecule has 0 aliphatic carbocycles. The number of benzene rings is 4. The molecule has 5 aromatic rings. The van der Waals surface area contributed by atoms with E-state index in [0.717, 1.165) is 21.0 Å². The van der Waals surface area contributed by atoms with Crippen LogP contribution in [0.3, 0.4) is 0 Å². The first-order valence-electron chi connectivity index (χ1n) is 14.0. The van der Waals surface area contributed by atoms with Crippen LogP contribution in [0.15, 0.2) is 120 Å². The predicted molar refractivity (Wildman–Crippen MR) is 185 cm³/mol. The molecule has 1 unspecified atom stereocenters. The Morgan fingerprint density at radius 3 is 2.24 bits per heavy atom. The number of nitrogens with zero attached hydrogens (tertiary/aromatic N) is 1. The van der Waals surface area contributed by atoms with Crippen molar-refractivity contribution in [2.24, 2.45) is 0 Å². The van der Waals surface area contributed by atoms with Crippen molar-refractivity contribution >= 4 is 69.3 Å². The van der Waals surface area contributed by atoms with E-state index in [2.05, 4.69) is 20.9 Å². The largest absolute Gasteiger partial charge is 0.321 e. The zero-order valence-electron chi connectivity index (χ0n) is 24.4. The molecule has 0 saturated heterocycles. The fraction of sp³-hybridized carbons (Fsp3) is 0.0857. The lowest BCUT2D eigenvalue weighted by Crippen LogP contribution is -2.30. The molecule has 0 aliphatic heterocycles. The van der Waals surface area contributed by atoms with Crippen LogP contribution >= 0.6 is 34.7 Å². The van der Waals surface area contributed by atoms with Crippen LogP contribution in [-0.4, -0.2) is 28.0 Å². The number of aryl methyl sites for hydroxylation is 1. The number of nitrogens with one attached hydrogen (secondary N) is 3. The van der Waals surface area contributed by atoms with Crippen LogP contribution in [0.5, 0.6) is 0 Å². The van der Waals surface area contributed by atoms with Crippen LogP contribution in [0.4, 0.5) is 10.8 Å². The van der Waals surface area contributed by atoms with Gasteiger partial charge in [-0.05, 0) is 74.0 Å². The highest BCUT2D eigenvalue weighted by Gasteiger charge is 2.19. The topological polar surface area (TPSA) is 100 Å². The molecule has 45 heavy (non-hydrogen) atoms. The van der Waals surface area contributed by atoms with Crippen LogP contribution < -0.4 is 16.0 Å². The van der Waals surface area contributed by atoms with Crippen LogP contribution in [0.25, 0.3) is 17.3 Å². The molecule has 3 amide bonds. The summed E-state index contributed by atoms with van der Waals surface area (Å²) in [6, 6.07) is 32.6. The highest BCUT2D eigenvalue weighted by Crippen LogP contribution is 2.31. The average molecular weight is 653 g/mol. The predicted octanol–water partition coefficient (Wildman–Crippen LogP) is 8.30. The third-order valence-corrected chi connectivity index (χ3v) is 8.79. The lowest BCUT2D eigenvalue weighted by Gasteiger charge is -2.13. The minimum atomic E-state index is -0.499. The summed E-state index contributed by atoms with van der Waals surface area (Å²) >= 11 is 8.97. The van der Waals surface area contributed by atoms with Crippen molar-refractivity contribution in [2.45, 2.75) is 24.0 Å². The number of aromatic nitrogens is 1.